The summed E-state index contributed by atoms with van der Waals surface area (Å²) in [5.41, 5.74) is 4.97. The van der Waals surface area contributed by atoms with Gasteiger partial charge < -0.3 is 20.9 Å². The van der Waals surface area contributed by atoms with E-state index in [0.29, 0.717) is 22.8 Å². The topological polar surface area (TPSA) is 86.4 Å². The van der Waals surface area contributed by atoms with Crippen LogP contribution in [0.5, 0.6) is 0 Å². The van der Waals surface area contributed by atoms with Crippen molar-refractivity contribution in [2.45, 2.75) is 57.2 Å². The van der Waals surface area contributed by atoms with Gasteiger partial charge in [0, 0.05) is 53.9 Å². The number of ketones is 1. The average Bonchev–Trinajstić information content (AvgIpc) is 3.43. The minimum atomic E-state index is -0.425. The summed E-state index contributed by atoms with van der Waals surface area (Å²) in [6.45, 7) is 5.76. The van der Waals surface area contributed by atoms with E-state index in [4.69, 9.17) is 0 Å². The largest absolute Gasteiger partial charge is 0.378 e. The van der Waals surface area contributed by atoms with Gasteiger partial charge >= 0.3 is 0 Å². The number of hydrogen-bond donors (Lipinski definition) is 3. The van der Waals surface area contributed by atoms with E-state index in [9.17, 15) is 9.59 Å². The SMILES string of the molecule is CC=C1CCCN(c2ccc3cc2C(=O)CSC2CC4CC2C(Nc2c(F)cnc(c2C)N3)C4C(=O)NC)CC1. The van der Waals surface area contributed by atoms with E-state index in [0.717, 1.165) is 62.1 Å². The quantitative estimate of drug-likeness (QED) is 0.405. The molecule has 3 heterocycles. The van der Waals surface area contributed by atoms with E-state index >= 15 is 4.39 Å². The highest BCUT2D eigenvalue weighted by atomic mass is 32.2. The number of Topliss-reactive ketones (excluding diaryl/α,β-unsaturated/α-hetero) is 1. The number of aromatic nitrogens is 1. The number of carbonyl (C=O) groups is 2. The number of carbonyl (C=O) groups excluding carboxylic acids is 2. The second kappa shape index (κ2) is 11.1. The molecule has 0 radical (unpaired) electrons. The molecule has 40 heavy (non-hydrogen) atoms. The maximum Gasteiger partial charge on any atom is 0.225 e. The number of rotatable bonds is 2. The van der Waals surface area contributed by atoms with Crippen molar-refractivity contribution in [1.82, 2.24) is 10.3 Å². The molecule has 0 spiro atoms. The third kappa shape index (κ3) is 4.86. The molecule has 6 rings (SSSR count). The summed E-state index contributed by atoms with van der Waals surface area (Å²) in [6.07, 6.45) is 8.42. The number of pyridine rings is 1. The Labute approximate surface area is 239 Å². The van der Waals surface area contributed by atoms with Crippen LogP contribution in [-0.4, -0.2) is 53.9 Å². The number of fused-ring (bicyclic) bond motifs is 5. The molecule has 1 amide bonds. The first kappa shape index (κ1) is 27.1. The van der Waals surface area contributed by atoms with Gasteiger partial charge in [-0.05, 0) is 76.0 Å². The van der Waals surface area contributed by atoms with Gasteiger partial charge in [-0.15, -0.1) is 11.8 Å². The Balaban J connectivity index is 1.40. The molecule has 2 saturated carbocycles. The first-order chi connectivity index (χ1) is 19.4. The Kier molecular flexibility index (Phi) is 7.50. The number of allylic oxidation sites excluding steroid dienone is 1. The molecule has 5 atom stereocenters. The fraction of sp³-hybridized carbons (Fsp3) is 0.516. The van der Waals surface area contributed by atoms with E-state index in [2.05, 4.69) is 38.8 Å². The monoisotopic (exact) mass is 563 g/mol. The lowest BCUT2D eigenvalue weighted by Gasteiger charge is -2.36. The van der Waals surface area contributed by atoms with Crippen LogP contribution < -0.4 is 20.9 Å². The molecule has 2 aliphatic carbocycles. The summed E-state index contributed by atoms with van der Waals surface area (Å²) in [7, 11) is 1.66. The number of anilines is 4. The lowest BCUT2D eigenvalue weighted by molar-refractivity contribution is -0.126. The zero-order chi connectivity index (χ0) is 28.0. The van der Waals surface area contributed by atoms with Crippen LogP contribution in [-0.2, 0) is 4.79 Å². The summed E-state index contributed by atoms with van der Waals surface area (Å²) in [4.78, 5) is 33.5. The summed E-state index contributed by atoms with van der Waals surface area (Å²) < 4.78 is 15.2. The lowest BCUT2D eigenvalue weighted by atomic mass is 9.83. The van der Waals surface area contributed by atoms with Crippen LogP contribution in [0.25, 0.3) is 0 Å². The van der Waals surface area contributed by atoms with E-state index < -0.39 is 5.82 Å². The Morgan fingerprint density at radius 3 is 2.90 bits per heavy atom. The third-order valence-electron chi connectivity index (χ3n) is 9.45. The number of amides is 1. The molecule has 1 aromatic carbocycles. The zero-order valence-corrected chi connectivity index (χ0v) is 24.2. The van der Waals surface area contributed by atoms with Crippen LogP contribution in [0.4, 0.5) is 27.3 Å². The number of nitrogens with one attached hydrogen (secondary N) is 3. The van der Waals surface area contributed by atoms with Gasteiger partial charge in [0.2, 0.25) is 5.91 Å². The summed E-state index contributed by atoms with van der Waals surface area (Å²) >= 11 is 1.70. The van der Waals surface area contributed by atoms with Crippen LogP contribution in [0.2, 0.25) is 0 Å². The highest BCUT2D eigenvalue weighted by Crippen LogP contribution is 2.54. The maximum atomic E-state index is 15.2. The van der Waals surface area contributed by atoms with Crippen LogP contribution in [0.3, 0.4) is 0 Å². The van der Waals surface area contributed by atoms with Gasteiger partial charge in [-0.25, -0.2) is 9.37 Å². The molecule has 2 aliphatic heterocycles. The Morgan fingerprint density at radius 2 is 2.10 bits per heavy atom. The molecule has 212 valence electrons. The third-order valence-corrected chi connectivity index (χ3v) is 10.8. The number of benzene rings is 1. The van der Waals surface area contributed by atoms with Crippen LogP contribution in [0.1, 0.15) is 54.9 Å². The summed E-state index contributed by atoms with van der Waals surface area (Å²) in [5.74, 6) is 0.755. The predicted molar refractivity (Wildman–Crippen MR) is 160 cm³/mol. The summed E-state index contributed by atoms with van der Waals surface area (Å²) in [6, 6.07) is 5.76. The first-order valence-corrected chi connectivity index (χ1v) is 15.5. The van der Waals surface area contributed by atoms with Crippen molar-refractivity contribution < 1.29 is 14.0 Å². The molecule has 2 aromatic rings. The minimum Gasteiger partial charge on any atom is -0.378 e. The van der Waals surface area contributed by atoms with Crippen molar-refractivity contribution in [3.05, 3.63) is 53.0 Å². The normalized spacial score (nSPS) is 28.9. The van der Waals surface area contributed by atoms with Gasteiger partial charge in [0.15, 0.2) is 11.6 Å². The van der Waals surface area contributed by atoms with Crippen molar-refractivity contribution in [2.24, 2.45) is 17.8 Å². The van der Waals surface area contributed by atoms with E-state index in [1.165, 1.54) is 11.8 Å². The van der Waals surface area contributed by atoms with Gasteiger partial charge in [0.25, 0.3) is 0 Å². The number of halogens is 1. The number of nitrogens with zero attached hydrogens (tertiary/aromatic N) is 2. The summed E-state index contributed by atoms with van der Waals surface area (Å²) in [5, 5.41) is 9.87. The molecule has 1 aromatic heterocycles. The molecule has 1 saturated heterocycles. The minimum absolute atomic E-state index is 0.00532. The van der Waals surface area contributed by atoms with Crippen LogP contribution >= 0.6 is 11.8 Å². The molecular formula is C31H38FN5O2S. The molecule has 6 bridgehead atoms. The van der Waals surface area contributed by atoms with Crippen molar-refractivity contribution in [1.29, 1.82) is 0 Å². The smallest absolute Gasteiger partial charge is 0.225 e. The lowest BCUT2D eigenvalue weighted by Crippen LogP contribution is -2.47. The van der Waals surface area contributed by atoms with Crippen molar-refractivity contribution in [3.8, 4) is 0 Å². The van der Waals surface area contributed by atoms with Gasteiger partial charge in [0.05, 0.1) is 23.6 Å². The molecule has 3 fully saturated rings. The van der Waals surface area contributed by atoms with Gasteiger partial charge in [-0.1, -0.05) is 11.6 Å². The fourth-order valence-electron chi connectivity index (χ4n) is 7.34. The van der Waals surface area contributed by atoms with Crippen molar-refractivity contribution >= 4 is 46.3 Å². The van der Waals surface area contributed by atoms with Crippen molar-refractivity contribution in [3.63, 3.8) is 0 Å². The highest BCUT2D eigenvalue weighted by Gasteiger charge is 2.55. The van der Waals surface area contributed by atoms with Gasteiger partial charge in [-0.2, -0.15) is 0 Å². The standard InChI is InChI=1S/C31H38FN5O2S/c1-4-18-6-5-10-37(11-9-18)24-8-7-20-14-21(24)25(38)16-40-26-13-19-12-22(26)29(27(19)31(39)33-3)36-28-17(2)30(35-20)34-15-23(28)32/h4,7-8,14-15,19,22,26-27,29,36H,5-6,9-13,16H2,1-3H3,(H,33,39)(H,34,35). The van der Waals surface area contributed by atoms with Gasteiger partial charge in [-0.3, -0.25) is 9.59 Å². The van der Waals surface area contributed by atoms with E-state index in [1.807, 2.05) is 25.1 Å². The molecule has 3 N–H and O–H groups in total. The maximum absolute atomic E-state index is 15.2. The average molecular weight is 564 g/mol. The van der Waals surface area contributed by atoms with E-state index in [-0.39, 0.29) is 40.7 Å². The first-order valence-electron chi connectivity index (χ1n) is 14.5. The second-order valence-corrected chi connectivity index (χ2v) is 12.8. The Hall–Kier alpha value is -3.07. The highest BCUT2D eigenvalue weighted by molar-refractivity contribution is 8.00. The van der Waals surface area contributed by atoms with Crippen LogP contribution in [0.15, 0.2) is 36.0 Å². The molecular weight excluding hydrogens is 525 g/mol. The van der Waals surface area contributed by atoms with Crippen LogP contribution in [0, 0.1) is 30.5 Å². The fourth-order valence-corrected chi connectivity index (χ4v) is 8.77. The Morgan fingerprint density at radius 1 is 1.25 bits per heavy atom. The molecule has 7 nitrogen and oxygen atoms in total. The van der Waals surface area contributed by atoms with E-state index in [1.54, 1.807) is 18.8 Å². The van der Waals surface area contributed by atoms with Crippen molar-refractivity contribution in [2.75, 3.05) is 41.4 Å². The number of thioether (sulfide) groups is 1. The molecule has 5 unspecified atom stereocenters. The second-order valence-electron chi connectivity index (χ2n) is 11.6. The zero-order valence-electron chi connectivity index (χ0n) is 23.4. The molecule has 4 aliphatic rings. The number of hydrogen-bond acceptors (Lipinski definition) is 7. The van der Waals surface area contributed by atoms with Gasteiger partial charge in [0.1, 0.15) is 5.82 Å². The Bertz CT molecular complexity index is 1360. The predicted octanol–water partition coefficient (Wildman–Crippen LogP) is 5.69. The molecule has 9 heteroatoms.